The highest BCUT2D eigenvalue weighted by Gasteiger charge is 2.45. The van der Waals surface area contributed by atoms with Gasteiger partial charge in [0.05, 0.1) is 33.5 Å². The first-order valence-corrected chi connectivity index (χ1v) is 10.1. The van der Waals surface area contributed by atoms with E-state index in [0.717, 1.165) is 14.7 Å². The summed E-state index contributed by atoms with van der Waals surface area (Å²) in [6.07, 6.45) is -2.89. The minimum Gasteiger partial charge on any atom is -0.497 e. The number of rotatable bonds is 11. The van der Waals surface area contributed by atoms with Crippen molar-refractivity contribution in [2.75, 3.05) is 34.0 Å². The molecular formula is C21H28N2O9. The van der Waals surface area contributed by atoms with E-state index in [4.69, 9.17) is 23.7 Å². The zero-order valence-electron chi connectivity index (χ0n) is 18.0. The molecule has 176 valence electrons. The number of methoxy groups -OCH3 is 2. The molecule has 2 heterocycles. The van der Waals surface area contributed by atoms with Crippen LogP contribution in [0.25, 0.3) is 0 Å². The molecule has 0 aliphatic carbocycles. The van der Waals surface area contributed by atoms with Gasteiger partial charge in [-0.25, -0.2) is 9.36 Å². The molecule has 11 nitrogen and oxygen atoms in total. The number of hydrogen-bond donors (Lipinski definition) is 2. The van der Waals surface area contributed by atoms with Gasteiger partial charge in [0.25, 0.3) is 5.56 Å². The van der Waals surface area contributed by atoms with E-state index in [-0.39, 0.29) is 19.9 Å². The molecule has 1 aliphatic rings. The van der Waals surface area contributed by atoms with Crippen molar-refractivity contribution in [1.29, 1.82) is 0 Å². The van der Waals surface area contributed by atoms with Crippen LogP contribution in [-0.2, 0) is 32.3 Å². The Labute approximate surface area is 184 Å². The average molecular weight is 452 g/mol. The number of ether oxygens (including phenoxy) is 5. The highest BCUT2D eigenvalue weighted by Crippen LogP contribution is 2.31. The van der Waals surface area contributed by atoms with Crippen molar-refractivity contribution in [3.05, 3.63) is 62.9 Å². The molecule has 0 amide bonds. The van der Waals surface area contributed by atoms with Gasteiger partial charge in [0.1, 0.15) is 30.8 Å². The first kappa shape index (κ1) is 24.1. The maximum Gasteiger partial charge on any atom is 0.335 e. The summed E-state index contributed by atoms with van der Waals surface area (Å²) in [5.41, 5.74) is -0.423. The molecule has 1 saturated heterocycles. The zero-order chi connectivity index (χ0) is 23.1. The topological polar surface area (TPSA) is 131 Å². The Morgan fingerprint density at radius 2 is 1.84 bits per heavy atom. The van der Waals surface area contributed by atoms with Crippen LogP contribution >= 0.6 is 0 Å². The van der Waals surface area contributed by atoms with Gasteiger partial charge in [0.15, 0.2) is 6.23 Å². The van der Waals surface area contributed by atoms with Gasteiger partial charge in [0.2, 0.25) is 0 Å². The molecule has 1 aromatic carbocycles. The van der Waals surface area contributed by atoms with Gasteiger partial charge in [-0.2, -0.15) is 0 Å². The second-order valence-electron chi connectivity index (χ2n) is 7.16. The van der Waals surface area contributed by atoms with Crippen molar-refractivity contribution < 1.29 is 33.9 Å². The summed E-state index contributed by atoms with van der Waals surface area (Å²) < 4.78 is 29.0. The van der Waals surface area contributed by atoms with Crippen molar-refractivity contribution in [2.24, 2.45) is 0 Å². The normalized spacial score (nSPS) is 22.9. The number of hydrogen-bond acceptors (Lipinski definition) is 9. The number of aromatic nitrogens is 2. The summed E-state index contributed by atoms with van der Waals surface area (Å²) in [4.78, 5) is 25.1. The van der Waals surface area contributed by atoms with E-state index < -0.39 is 42.4 Å². The fraction of sp³-hybridized carbons (Fsp3) is 0.524. The molecule has 4 atom stereocenters. The predicted octanol–water partition coefficient (Wildman–Crippen LogP) is -0.525. The lowest BCUT2D eigenvalue weighted by Gasteiger charge is -2.23. The summed E-state index contributed by atoms with van der Waals surface area (Å²) in [7, 11) is 3.08. The molecule has 0 bridgehead atoms. The maximum absolute atomic E-state index is 13.0. The van der Waals surface area contributed by atoms with Crippen LogP contribution < -0.4 is 16.0 Å². The predicted molar refractivity (Wildman–Crippen MR) is 111 cm³/mol. The van der Waals surface area contributed by atoms with E-state index in [2.05, 4.69) is 0 Å². The molecule has 1 fully saturated rings. The number of nitrogens with zero attached hydrogens (tertiary/aromatic N) is 2. The lowest BCUT2D eigenvalue weighted by Crippen LogP contribution is -2.44. The second-order valence-corrected chi connectivity index (χ2v) is 7.16. The summed E-state index contributed by atoms with van der Waals surface area (Å²) in [5.74, 6) is 0.692. The van der Waals surface area contributed by atoms with E-state index in [1.165, 1.54) is 19.4 Å². The van der Waals surface area contributed by atoms with Crippen molar-refractivity contribution in [3.63, 3.8) is 0 Å². The Morgan fingerprint density at radius 1 is 1.09 bits per heavy atom. The molecule has 0 saturated carbocycles. The van der Waals surface area contributed by atoms with Crippen LogP contribution in [0.4, 0.5) is 0 Å². The van der Waals surface area contributed by atoms with Gasteiger partial charge in [-0.1, -0.05) is 12.1 Å². The fourth-order valence-electron chi connectivity index (χ4n) is 3.33. The Balaban J connectivity index is 1.81. The van der Waals surface area contributed by atoms with Gasteiger partial charge < -0.3 is 33.9 Å². The minimum atomic E-state index is -1.19. The molecule has 1 aliphatic heterocycles. The lowest BCUT2D eigenvalue weighted by atomic mass is 10.1. The van der Waals surface area contributed by atoms with Crippen molar-refractivity contribution in [1.82, 2.24) is 9.13 Å². The Kier molecular flexibility index (Phi) is 8.56. The van der Waals surface area contributed by atoms with Crippen LogP contribution in [0.2, 0.25) is 0 Å². The number of aliphatic hydroxyl groups excluding tert-OH is 2. The Bertz CT molecular complexity index is 972. The van der Waals surface area contributed by atoms with E-state index in [9.17, 15) is 19.8 Å². The average Bonchev–Trinajstić information content (AvgIpc) is 3.12. The first-order chi connectivity index (χ1) is 15.5. The smallest absolute Gasteiger partial charge is 0.335 e. The highest BCUT2D eigenvalue weighted by molar-refractivity contribution is 5.26. The summed E-state index contributed by atoms with van der Waals surface area (Å²) in [6.45, 7) is -0.0893. The van der Waals surface area contributed by atoms with Crippen molar-refractivity contribution in [3.8, 4) is 5.75 Å². The molecule has 32 heavy (non-hydrogen) atoms. The van der Waals surface area contributed by atoms with Crippen LogP contribution in [0.1, 0.15) is 11.8 Å². The largest absolute Gasteiger partial charge is 0.497 e. The number of benzene rings is 1. The lowest BCUT2D eigenvalue weighted by molar-refractivity contribution is -0.0810. The van der Waals surface area contributed by atoms with Crippen LogP contribution in [0, 0.1) is 0 Å². The van der Waals surface area contributed by atoms with Gasteiger partial charge in [-0.05, 0) is 17.7 Å². The molecule has 0 spiro atoms. The van der Waals surface area contributed by atoms with Crippen LogP contribution in [-0.4, -0.2) is 71.7 Å². The standard InChI is InChI=1S/C21H28N2O9/c1-28-9-10-30-13-23-17(25)7-8-22(21(23)27)20-19(18(26)16(11-24)32-20)31-12-14-3-5-15(29-2)6-4-14/h3-8,16,18-20,24,26H,9-13H2,1-2H3/t16-,18-,19-,20-/m1/s1. The summed E-state index contributed by atoms with van der Waals surface area (Å²) in [5, 5.41) is 20.2. The number of aliphatic hydroxyl groups is 2. The van der Waals surface area contributed by atoms with Crippen LogP contribution in [0.5, 0.6) is 5.75 Å². The second kappa shape index (κ2) is 11.4. The molecule has 0 radical (unpaired) electrons. The zero-order valence-corrected chi connectivity index (χ0v) is 18.0. The molecule has 2 N–H and O–H groups in total. The quantitative estimate of drug-likeness (QED) is 0.432. The maximum atomic E-state index is 13.0. The van der Waals surface area contributed by atoms with Gasteiger partial charge in [-0.3, -0.25) is 9.36 Å². The van der Waals surface area contributed by atoms with Gasteiger partial charge >= 0.3 is 5.69 Å². The SMILES string of the molecule is COCCOCn1c(=O)ccn([C@@H]2O[C@H](CO)[C@@H](O)[C@H]2OCc2ccc(OC)cc2)c1=O. The third kappa shape index (κ3) is 5.44. The van der Waals surface area contributed by atoms with E-state index >= 15 is 0 Å². The molecular weight excluding hydrogens is 424 g/mol. The van der Waals surface area contributed by atoms with E-state index in [0.29, 0.717) is 12.4 Å². The van der Waals surface area contributed by atoms with Crippen molar-refractivity contribution in [2.45, 2.75) is 37.9 Å². The molecule has 1 aromatic heterocycles. The Morgan fingerprint density at radius 3 is 2.50 bits per heavy atom. The fourth-order valence-corrected chi connectivity index (χ4v) is 3.33. The highest BCUT2D eigenvalue weighted by atomic mass is 16.6. The van der Waals surface area contributed by atoms with Crippen LogP contribution in [0.15, 0.2) is 46.1 Å². The third-order valence-electron chi connectivity index (χ3n) is 5.12. The monoisotopic (exact) mass is 452 g/mol. The van der Waals surface area contributed by atoms with Gasteiger partial charge in [0, 0.05) is 19.4 Å². The first-order valence-electron chi connectivity index (χ1n) is 10.1. The van der Waals surface area contributed by atoms with Crippen molar-refractivity contribution >= 4 is 0 Å². The summed E-state index contributed by atoms with van der Waals surface area (Å²) >= 11 is 0. The minimum absolute atomic E-state index is 0.123. The molecule has 3 rings (SSSR count). The Hall–Kier alpha value is -2.54. The van der Waals surface area contributed by atoms with E-state index in [1.807, 2.05) is 12.1 Å². The van der Waals surface area contributed by atoms with Crippen LogP contribution in [0.3, 0.4) is 0 Å². The molecule has 2 aromatic rings. The van der Waals surface area contributed by atoms with E-state index in [1.54, 1.807) is 19.2 Å². The summed E-state index contributed by atoms with van der Waals surface area (Å²) in [6, 6.07) is 8.37. The van der Waals surface area contributed by atoms with Gasteiger partial charge in [-0.15, -0.1) is 0 Å². The molecule has 11 heteroatoms. The third-order valence-corrected chi connectivity index (χ3v) is 5.12. The molecule has 0 unspecified atom stereocenters.